The Kier molecular flexibility index (Phi) is 4.34. The second kappa shape index (κ2) is 6.75. The molecule has 0 N–H and O–H groups in total. The fourth-order valence-corrected chi connectivity index (χ4v) is 2.19. The SMILES string of the molecule is COc1cccc(C(=O)/C=C/c2cnn(-c3ccccc3)c2)c1. The molecular formula is C19H16N2O2. The van der Waals surface area contributed by atoms with Crippen molar-refractivity contribution in [2.24, 2.45) is 0 Å². The van der Waals surface area contributed by atoms with Crippen LogP contribution >= 0.6 is 0 Å². The van der Waals surface area contributed by atoms with E-state index in [4.69, 9.17) is 4.74 Å². The van der Waals surface area contributed by atoms with Crippen LogP contribution in [-0.4, -0.2) is 22.7 Å². The number of benzene rings is 2. The molecule has 0 aliphatic carbocycles. The maximum absolute atomic E-state index is 12.2. The lowest BCUT2D eigenvalue weighted by molar-refractivity contribution is 0.104. The molecule has 0 aliphatic rings. The third kappa shape index (κ3) is 3.55. The molecule has 0 saturated carbocycles. The van der Waals surface area contributed by atoms with Crippen molar-refractivity contribution < 1.29 is 9.53 Å². The van der Waals surface area contributed by atoms with Gasteiger partial charge in [-0.25, -0.2) is 4.68 Å². The molecule has 0 spiro atoms. The van der Waals surface area contributed by atoms with Crippen molar-refractivity contribution in [2.75, 3.05) is 7.11 Å². The van der Waals surface area contributed by atoms with Crippen molar-refractivity contribution in [3.05, 3.63) is 84.2 Å². The molecule has 2 aromatic carbocycles. The largest absolute Gasteiger partial charge is 0.497 e. The lowest BCUT2D eigenvalue weighted by Gasteiger charge is -2.00. The lowest BCUT2D eigenvalue weighted by Crippen LogP contribution is -1.94. The molecule has 4 heteroatoms. The summed E-state index contributed by atoms with van der Waals surface area (Å²) in [4.78, 5) is 12.2. The van der Waals surface area contributed by atoms with Crippen LogP contribution in [0.3, 0.4) is 0 Å². The summed E-state index contributed by atoms with van der Waals surface area (Å²) in [6, 6.07) is 16.9. The normalized spacial score (nSPS) is 10.8. The number of methoxy groups -OCH3 is 1. The van der Waals surface area contributed by atoms with Gasteiger partial charge >= 0.3 is 0 Å². The van der Waals surface area contributed by atoms with E-state index >= 15 is 0 Å². The number of hydrogen-bond acceptors (Lipinski definition) is 3. The highest BCUT2D eigenvalue weighted by atomic mass is 16.5. The first-order chi connectivity index (χ1) is 11.3. The Morgan fingerprint density at radius 1 is 1.13 bits per heavy atom. The zero-order valence-corrected chi connectivity index (χ0v) is 12.7. The van der Waals surface area contributed by atoms with Gasteiger partial charge in [-0.2, -0.15) is 5.10 Å². The Hall–Kier alpha value is -3.14. The molecule has 1 aromatic heterocycles. The first-order valence-corrected chi connectivity index (χ1v) is 7.23. The van der Waals surface area contributed by atoms with Crippen LogP contribution in [0.25, 0.3) is 11.8 Å². The quantitative estimate of drug-likeness (QED) is 0.532. The fourth-order valence-electron chi connectivity index (χ4n) is 2.19. The van der Waals surface area contributed by atoms with E-state index in [9.17, 15) is 4.79 Å². The number of allylic oxidation sites excluding steroid dienone is 1. The van der Waals surface area contributed by atoms with Crippen molar-refractivity contribution in [2.45, 2.75) is 0 Å². The third-order valence-electron chi connectivity index (χ3n) is 3.40. The molecule has 0 radical (unpaired) electrons. The predicted molar refractivity (Wildman–Crippen MR) is 89.9 cm³/mol. The third-order valence-corrected chi connectivity index (χ3v) is 3.40. The van der Waals surface area contributed by atoms with Gasteiger partial charge in [0.25, 0.3) is 0 Å². The molecule has 1 heterocycles. The topological polar surface area (TPSA) is 44.1 Å². The minimum Gasteiger partial charge on any atom is -0.497 e. The fraction of sp³-hybridized carbons (Fsp3) is 0.0526. The second-order valence-electron chi connectivity index (χ2n) is 4.98. The standard InChI is InChI=1S/C19H16N2O2/c1-23-18-9-5-6-16(12-18)19(22)11-10-15-13-20-21(14-15)17-7-3-2-4-8-17/h2-14H,1H3/b11-10+. The molecule has 0 unspecified atom stereocenters. The Labute approximate surface area is 134 Å². The molecule has 0 saturated heterocycles. The molecule has 23 heavy (non-hydrogen) atoms. The summed E-state index contributed by atoms with van der Waals surface area (Å²) in [7, 11) is 1.58. The Bertz CT molecular complexity index is 835. The zero-order chi connectivity index (χ0) is 16.1. The number of hydrogen-bond donors (Lipinski definition) is 0. The Morgan fingerprint density at radius 2 is 1.96 bits per heavy atom. The van der Waals surface area contributed by atoms with Crippen LogP contribution in [0.2, 0.25) is 0 Å². The van der Waals surface area contributed by atoms with E-state index in [1.807, 2.05) is 42.6 Å². The highest BCUT2D eigenvalue weighted by Gasteiger charge is 2.04. The van der Waals surface area contributed by atoms with Crippen molar-refractivity contribution in [1.29, 1.82) is 0 Å². The van der Waals surface area contributed by atoms with Crippen LogP contribution in [0.1, 0.15) is 15.9 Å². The summed E-state index contributed by atoms with van der Waals surface area (Å²) in [5, 5.41) is 4.30. The zero-order valence-electron chi connectivity index (χ0n) is 12.7. The number of nitrogens with zero attached hydrogens (tertiary/aromatic N) is 2. The molecule has 0 amide bonds. The minimum atomic E-state index is -0.0728. The van der Waals surface area contributed by atoms with Crippen molar-refractivity contribution in [3.8, 4) is 11.4 Å². The number of aromatic nitrogens is 2. The monoisotopic (exact) mass is 304 g/mol. The lowest BCUT2D eigenvalue weighted by atomic mass is 10.1. The van der Waals surface area contributed by atoms with E-state index in [2.05, 4.69) is 5.10 Å². The van der Waals surface area contributed by atoms with Crippen molar-refractivity contribution >= 4 is 11.9 Å². The highest BCUT2D eigenvalue weighted by molar-refractivity contribution is 6.07. The van der Waals surface area contributed by atoms with E-state index in [1.165, 1.54) is 0 Å². The summed E-state index contributed by atoms with van der Waals surface area (Å²) in [5.41, 5.74) is 2.44. The van der Waals surface area contributed by atoms with E-state index in [0.29, 0.717) is 11.3 Å². The van der Waals surface area contributed by atoms with Gasteiger partial charge in [0.05, 0.1) is 19.0 Å². The predicted octanol–water partition coefficient (Wildman–Crippen LogP) is 3.78. The smallest absolute Gasteiger partial charge is 0.185 e. The van der Waals surface area contributed by atoms with Crippen molar-refractivity contribution in [3.63, 3.8) is 0 Å². The second-order valence-corrected chi connectivity index (χ2v) is 4.98. The molecule has 0 bridgehead atoms. The number of rotatable bonds is 5. The maximum atomic E-state index is 12.2. The number of ether oxygens (including phenoxy) is 1. The van der Waals surface area contributed by atoms with E-state index < -0.39 is 0 Å². The molecule has 4 nitrogen and oxygen atoms in total. The van der Waals surface area contributed by atoms with Gasteiger partial charge in [-0.05, 0) is 36.4 Å². The van der Waals surface area contributed by atoms with Gasteiger partial charge in [0.2, 0.25) is 0 Å². The molecule has 3 aromatic rings. The first-order valence-electron chi connectivity index (χ1n) is 7.23. The summed E-state index contributed by atoms with van der Waals surface area (Å²) in [6.07, 6.45) is 6.91. The summed E-state index contributed by atoms with van der Waals surface area (Å²) < 4.78 is 6.90. The minimum absolute atomic E-state index is 0.0728. The maximum Gasteiger partial charge on any atom is 0.185 e. The van der Waals surface area contributed by atoms with Crippen LogP contribution in [0.15, 0.2) is 73.1 Å². The molecule has 3 rings (SSSR count). The molecule has 114 valence electrons. The molecule has 0 fully saturated rings. The van der Waals surface area contributed by atoms with Crippen molar-refractivity contribution in [1.82, 2.24) is 9.78 Å². The number of carbonyl (C=O) groups is 1. The summed E-state index contributed by atoms with van der Waals surface area (Å²) in [5.74, 6) is 0.595. The number of carbonyl (C=O) groups excluding carboxylic acids is 1. The molecule has 0 aliphatic heterocycles. The van der Waals surface area contributed by atoms with E-state index in [0.717, 1.165) is 11.3 Å². The van der Waals surface area contributed by atoms with Crippen LogP contribution in [-0.2, 0) is 0 Å². The van der Waals surface area contributed by atoms with Gasteiger partial charge in [0.15, 0.2) is 5.78 Å². The highest BCUT2D eigenvalue weighted by Crippen LogP contribution is 2.14. The van der Waals surface area contributed by atoms with Gasteiger partial charge in [-0.1, -0.05) is 30.3 Å². The van der Waals surface area contributed by atoms with Gasteiger partial charge in [0, 0.05) is 17.3 Å². The number of ketones is 1. The Balaban J connectivity index is 1.75. The van der Waals surface area contributed by atoms with Gasteiger partial charge in [0.1, 0.15) is 5.75 Å². The van der Waals surface area contributed by atoms with Gasteiger partial charge < -0.3 is 4.74 Å². The van der Waals surface area contributed by atoms with Crippen LogP contribution < -0.4 is 4.74 Å². The van der Waals surface area contributed by atoms with E-state index in [-0.39, 0.29) is 5.78 Å². The molecular weight excluding hydrogens is 288 g/mol. The molecule has 0 atom stereocenters. The van der Waals surface area contributed by atoms with Gasteiger partial charge in [-0.15, -0.1) is 0 Å². The average Bonchev–Trinajstić information content (AvgIpc) is 3.09. The van der Waals surface area contributed by atoms with Crippen LogP contribution in [0, 0.1) is 0 Å². The van der Waals surface area contributed by atoms with Gasteiger partial charge in [-0.3, -0.25) is 4.79 Å². The van der Waals surface area contributed by atoms with Crippen LogP contribution in [0.5, 0.6) is 5.75 Å². The number of para-hydroxylation sites is 1. The Morgan fingerprint density at radius 3 is 2.74 bits per heavy atom. The first kappa shape index (κ1) is 14.8. The summed E-state index contributed by atoms with van der Waals surface area (Å²) >= 11 is 0. The summed E-state index contributed by atoms with van der Waals surface area (Å²) in [6.45, 7) is 0. The van der Waals surface area contributed by atoms with Crippen LogP contribution in [0.4, 0.5) is 0 Å². The van der Waals surface area contributed by atoms with E-state index in [1.54, 1.807) is 48.3 Å². The average molecular weight is 304 g/mol.